The molecule has 0 aliphatic carbocycles. The van der Waals surface area contributed by atoms with Gasteiger partial charge in [0.15, 0.2) is 0 Å². The van der Waals surface area contributed by atoms with E-state index in [-0.39, 0.29) is 17.4 Å². The van der Waals surface area contributed by atoms with Crippen LogP contribution in [0.25, 0.3) is 0 Å². The molecule has 0 aliphatic rings. The van der Waals surface area contributed by atoms with E-state index in [1.807, 2.05) is 52.0 Å². The zero-order valence-electron chi connectivity index (χ0n) is 18.0. The number of carbonyl (C=O) groups excluding carboxylic acids is 2. The quantitative estimate of drug-likeness (QED) is 0.632. The lowest BCUT2D eigenvalue weighted by Crippen LogP contribution is -2.52. The number of rotatable bonds is 7. The molecule has 2 rings (SSSR count). The number of nitrogens with zero attached hydrogens (tertiary/aromatic N) is 1. The third kappa shape index (κ3) is 7.65. The summed E-state index contributed by atoms with van der Waals surface area (Å²) in [5.41, 5.74) is 2.97. The number of benzene rings is 2. The Bertz CT molecular complexity index is 823. The van der Waals surface area contributed by atoms with E-state index >= 15 is 0 Å². The molecule has 1 N–H and O–H groups in total. The highest BCUT2D eigenvalue weighted by Crippen LogP contribution is 2.16. The molecule has 4 nitrogen and oxygen atoms in total. The summed E-state index contributed by atoms with van der Waals surface area (Å²) in [5.74, 6) is -0.164. The molecule has 0 aliphatic heterocycles. The van der Waals surface area contributed by atoms with Crippen LogP contribution in [0.2, 0.25) is 0 Å². The van der Waals surface area contributed by atoms with Gasteiger partial charge in [-0.1, -0.05) is 57.9 Å². The van der Waals surface area contributed by atoms with Crippen molar-refractivity contribution in [2.45, 2.75) is 65.6 Å². The smallest absolute Gasteiger partial charge is 0.242 e. The van der Waals surface area contributed by atoms with Gasteiger partial charge >= 0.3 is 0 Å². The average Bonchev–Trinajstić information content (AvgIpc) is 2.65. The number of hydrogen-bond donors (Lipinski definition) is 1. The molecule has 156 valence electrons. The molecule has 0 unspecified atom stereocenters. The van der Waals surface area contributed by atoms with Gasteiger partial charge in [0.05, 0.1) is 0 Å². The van der Waals surface area contributed by atoms with Crippen LogP contribution < -0.4 is 5.32 Å². The van der Waals surface area contributed by atoms with Crippen molar-refractivity contribution < 1.29 is 9.59 Å². The molecule has 2 aromatic carbocycles. The molecule has 2 aromatic rings. The van der Waals surface area contributed by atoms with E-state index in [0.717, 1.165) is 15.6 Å². The summed E-state index contributed by atoms with van der Waals surface area (Å²) in [7, 11) is 0. The number of carbonyl (C=O) groups is 2. The minimum atomic E-state index is -0.552. The highest BCUT2D eigenvalue weighted by atomic mass is 79.9. The molecule has 29 heavy (non-hydrogen) atoms. The van der Waals surface area contributed by atoms with Crippen LogP contribution in [-0.2, 0) is 22.6 Å². The Balaban J connectivity index is 2.15. The highest BCUT2D eigenvalue weighted by molar-refractivity contribution is 9.10. The summed E-state index contributed by atoms with van der Waals surface area (Å²) in [5, 5.41) is 2.99. The molecular weight excluding hydrogens is 428 g/mol. The van der Waals surface area contributed by atoms with Crippen LogP contribution in [-0.4, -0.2) is 28.3 Å². The van der Waals surface area contributed by atoms with E-state index in [1.165, 1.54) is 5.56 Å². The monoisotopic (exact) mass is 458 g/mol. The van der Waals surface area contributed by atoms with Gasteiger partial charge in [0, 0.05) is 23.0 Å². The minimum Gasteiger partial charge on any atom is -0.350 e. The van der Waals surface area contributed by atoms with Gasteiger partial charge in [0.25, 0.3) is 0 Å². The Kier molecular flexibility index (Phi) is 8.03. The van der Waals surface area contributed by atoms with E-state index in [9.17, 15) is 9.59 Å². The number of hydrogen-bond acceptors (Lipinski definition) is 2. The fourth-order valence-corrected chi connectivity index (χ4v) is 3.26. The number of amides is 2. The Hall–Kier alpha value is -2.14. The molecule has 2 amide bonds. The zero-order chi connectivity index (χ0) is 21.6. The fourth-order valence-electron chi connectivity index (χ4n) is 2.99. The summed E-state index contributed by atoms with van der Waals surface area (Å²) in [6.07, 6.45) is 1.02. The Labute approximate surface area is 182 Å². The molecule has 0 saturated carbocycles. The maximum absolute atomic E-state index is 13.1. The number of nitrogens with one attached hydrogen (secondary N) is 1. The SMILES string of the molecule is Cc1ccc(CCC(=O)N(Cc2ccc(Br)cc2)[C@@H](C)C(=O)NC(C)(C)C)cc1. The van der Waals surface area contributed by atoms with Gasteiger partial charge in [-0.3, -0.25) is 9.59 Å². The van der Waals surface area contributed by atoms with Crippen molar-refractivity contribution >= 4 is 27.7 Å². The second-order valence-corrected chi connectivity index (χ2v) is 9.46. The summed E-state index contributed by atoms with van der Waals surface area (Å²) < 4.78 is 0.983. The molecule has 0 aromatic heterocycles. The normalized spacial score (nSPS) is 12.3. The lowest BCUT2D eigenvalue weighted by atomic mass is 10.1. The summed E-state index contributed by atoms with van der Waals surface area (Å²) in [6.45, 7) is 10.1. The minimum absolute atomic E-state index is 0.0231. The third-order valence-corrected chi connectivity index (χ3v) is 5.21. The Morgan fingerprint density at radius 2 is 1.55 bits per heavy atom. The Morgan fingerprint density at radius 3 is 2.10 bits per heavy atom. The molecule has 0 spiro atoms. The van der Waals surface area contributed by atoms with Gasteiger partial charge in [-0.05, 0) is 64.3 Å². The number of aryl methyl sites for hydroxylation is 2. The predicted octanol–water partition coefficient (Wildman–Crippen LogP) is 5.02. The van der Waals surface area contributed by atoms with Gasteiger partial charge < -0.3 is 10.2 Å². The van der Waals surface area contributed by atoms with Crippen LogP contribution >= 0.6 is 15.9 Å². The van der Waals surface area contributed by atoms with Crippen LogP contribution in [0.15, 0.2) is 53.0 Å². The van der Waals surface area contributed by atoms with E-state index in [0.29, 0.717) is 19.4 Å². The van der Waals surface area contributed by atoms with Gasteiger partial charge in [-0.2, -0.15) is 0 Å². The Morgan fingerprint density at radius 1 is 1.00 bits per heavy atom. The first-order chi connectivity index (χ1) is 13.5. The van der Waals surface area contributed by atoms with Crippen molar-refractivity contribution in [1.29, 1.82) is 0 Å². The van der Waals surface area contributed by atoms with Crippen molar-refractivity contribution in [3.63, 3.8) is 0 Å². The predicted molar refractivity (Wildman–Crippen MR) is 122 cm³/mol. The van der Waals surface area contributed by atoms with E-state index < -0.39 is 6.04 Å². The average molecular weight is 459 g/mol. The van der Waals surface area contributed by atoms with Crippen LogP contribution in [0, 0.1) is 6.92 Å². The molecular formula is C24H31BrN2O2. The van der Waals surface area contributed by atoms with Gasteiger partial charge in [0.2, 0.25) is 11.8 Å². The van der Waals surface area contributed by atoms with E-state index in [1.54, 1.807) is 11.8 Å². The molecule has 0 bridgehead atoms. The first kappa shape index (κ1) is 23.1. The lowest BCUT2D eigenvalue weighted by Gasteiger charge is -2.31. The first-order valence-electron chi connectivity index (χ1n) is 9.96. The molecule has 0 radical (unpaired) electrons. The topological polar surface area (TPSA) is 49.4 Å². The molecule has 5 heteroatoms. The van der Waals surface area contributed by atoms with Crippen LogP contribution in [0.3, 0.4) is 0 Å². The van der Waals surface area contributed by atoms with Gasteiger partial charge in [0.1, 0.15) is 6.04 Å². The largest absolute Gasteiger partial charge is 0.350 e. The van der Waals surface area contributed by atoms with Crippen molar-refractivity contribution in [2.24, 2.45) is 0 Å². The van der Waals surface area contributed by atoms with Crippen molar-refractivity contribution in [2.75, 3.05) is 0 Å². The fraction of sp³-hybridized carbons (Fsp3) is 0.417. The lowest BCUT2D eigenvalue weighted by molar-refractivity contribution is -0.141. The molecule has 0 heterocycles. The van der Waals surface area contributed by atoms with Crippen molar-refractivity contribution in [3.8, 4) is 0 Å². The second-order valence-electron chi connectivity index (χ2n) is 8.55. The van der Waals surface area contributed by atoms with Gasteiger partial charge in [-0.25, -0.2) is 0 Å². The van der Waals surface area contributed by atoms with Crippen molar-refractivity contribution in [1.82, 2.24) is 10.2 Å². The van der Waals surface area contributed by atoms with Crippen LogP contribution in [0.4, 0.5) is 0 Å². The standard InChI is InChI=1S/C24H31BrN2O2/c1-17-6-8-19(9-7-17)12-15-22(28)27(16-20-10-13-21(25)14-11-20)18(2)23(29)26-24(3,4)5/h6-11,13-14,18H,12,15-16H2,1-5H3,(H,26,29)/t18-/m0/s1. The molecule has 1 atom stereocenters. The van der Waals surface area contributed by atoms with Crippen LogP contribution in [0.5, 0.6) is 0 Å². The van der Waals surface area contributed by atoms with E-state index in [2.05, 4.69) is 45.5 Å². The summed E-state index contributed by atoms with van der Waals surface area (Å²) >= 11 is 3.44. The molecule has 0 fully saturated rings. The van der Waals surface area contributed by atoms with Crippen molar-refractivity contribution in [3.05, 3.63) is 69.7 Å². The zero-order valence-corrected chi connectivity index (χ0v) is 19.5. The maximum Gasteiger partial charge on any atom is 0.242 e. The second kappa shape index (κ2) is 10.1. The van der Waals surface area contributed by atoms with Gasteiger partial charge in [-0.15, -0.1) is 0 Å². The third-order valence-electron chi connectivity index (χ3n) is 4.68. The maximum atomic E-state index is 13.1. The first-order valence-corrected chi connectivity index (χ1v) is 10.8. The number of halogens is 1. The van der Waals surface area contributed by atoms with Crippen LogP contribution in [0.1, 0.15) is 50.8 Å². The summed E-state index contributed by atoms with van der Waals surface area (Å²) in [6, 6.07) is 15.5. The highest BCUT2D eigenvalue weighted by Gasteiger charge is 2.28. The molecule has 0 saturated heterocycles. The van der Waals surface area contributed by atoms with E-state index in [4.69, 9.17) is 0 Å². The summed E-state index contributed by atoms with van der Waals surface area (Å²) in [4.78, 5) is 27.5.